The van der Waals surface area contributed by atoms with Crippen molar-refractivity contribution in [1.82, 2.24) is 9.21 Å². The lowest BCUT2D eigenvalue weighted by Gasteiger charge is -2.33. The second-order valence-corrected chi connectivity index (χ2v) is 10.7. The number of piperazine rings is 1. The molecular weight excluding hydrogens is 466 g/mol. The van der Waals surface area contributed by atoms with Crippen LogP contribution in [-0.2, 0) is 29.1 Å². The lowest BCUT2D eigenvalue weighted by Crippen LogP contribution is -2.51. The average Bonchev–Trinajstić information content (AvgIpc) is 2.83. The van der Waals surface area contributed by atoms with Gasteiger partial charge in [-0.1, -0.05) is 30.3 Å². The molecule has 0 aliphatic carbocycles. The summed E-state index contributed by atoms with van der Waals surface area (Å²) in [5.41, 5.74) is 0.709. The first-order chi connectivity index (χ1) is 15.8. The van der Waals surface area contributed by atoms with E-state index < -0.39 is 33.8 Å². The summed E-state index contributed by atoms with van der Waals surface area (Å²) in [7, 11) is -3.61. The summed E-state index contributed by atoms with van der Waals surface area (Å²) < 4.78 is 31.8. The van der Waals surface area contributed by atoms with Crippen molar-refractivity contribution in [1.29, 1.82) is 0 Å². The molecule has 33 heavy (non-hydrogen) atoms. The van der Waals surface area contributed by atoms with E-state index in [-0.39, 0.29) is 43.4 Å². The van der Waals surface area contributed by atoms with E-state index in [9.17, 15) is 22.8 Å². The van der Waals surface area contributed by atoms with E-state index in [0.29, 0.717) is 5.69 Å². The number of nitrogens with one attached hydrogen (secondary N) is 1. The Morgan fingerprint density at radius 1 is 1.00 bits per heavy atom. The Balaban J connectivity index is 1.24. The number of para-hydroxylation sites is 1. The zero-order valence-electron chi connectivity index (χ0n) is 17.7. The van der Waals surface area contributed by atoms with Crippen LogP contribution in [0.25, 0.3) is 0 Å². The van der Waals surface area contributed by atoms with Gasteiger partial charge in [-0.25, -0.2) is 8.42 Å². The van der Waals surface area contributed by atoms with Crippen LogP contribution in [0.3, 0.4) is 0 Å². The van der Waals surface area contributed by atoms with Crippen molar-refractivity contribution in [3.8, 4) is 0 Å². The van der Waals surface area contributed by atoms with Gasteiger partial charge in [0.25, 0.3) is 5.91 Å². The molecule has 1 fully saturated rings. The van der Waals surface area contributed by atoms with Crippen molar-refractivity contribution >= 4 is 45.3 Å². The van der Waals surface area contributed by atoms with E-state index in [2.05, 4.69) is 5.32 Å². The Morgan fingerprint density at radius 2 is 1.67 bits per heavy atom. The lowest BCUT2D eigenvalue weighted by molar-refractivity contribution is -0.152. The molecule has 0 aromatic heterocycles. The quantitative estimate of drug-likeness (QED) is 0.613. The van der Waals surface area contributed by atoms with Gasteiger partial charge in [0.15, 0.2) is 6.61 Å². The fourth-order valence-electron chi connectivity index (χ4n) is 3.59. The minimum Gasteiger partial charge on any atom is -0.456 e. The highest BCUT2D eigenvalue weighted by Crippen LogP contribution is 2.36. The Labute approximate surface area is 196 Å². The minimum atomic E-state index is -3.61. The number of amides is 2. The Hall–Kier alpha value is -2.89. The number of anilines is 1. The van der Waals surface area contributed by atoms with Gasteiger partial charge in [-0.3, -0.25) is 14.4 Å². The minimum absolute atomic E-state index is 0.152. The van der Waals surface area contributed by atoms with Crippen LogP contribution in [0.4, 0.5) is 5.69 Å². The number of carbonyl (C=O) groups is 3. The van der Waals surface area contributed by atoms with Crippen LogP contribution in [0.15, 0.2) is 64.4 Å². The average molecular weight is 490 g/mol. The number of carbonyl (C=O) groups excluding carboxylic acids is 3. The largest absolute Gasteiger partial charge is 0.456 e. The zero-order chi connectivity index (χ0) is 23.4. The topological polar surface area (TPSA) is 113 Å². The smallest absolute Gasteiger partial charge is 0.307 e. The molecule has 11 heteroatoms. The molecule has 2 aliphatic heterocycles. The molecule has 0 saturated carbocycles. The van der Waals surface area contributed by atoms with Crippen LogP contribution in [0.1, 0.15) is 6.42 Å². The van der Waals surface area contributed by atoms with Crippen LogP contribution >= 0.6 is 11.8 Å². The second kappa shape index (κ2) is 9.94. The van der Waals surface area contributed by atoms with Gasteiger partial charge in [0.1, 0.15) is 0 Å². The Morgan fingerprint density at radius 3 is 2.39 bits per heavy atom. The van der Waals surface area contributed by atoms with Crippen molar-refractivity contribution in [2.45, 2.75) is 21.5 Å². The molecule has 174 valence electrons. The van der Waals surface area contributed by atoms with Crippen LogP contribution in [0.2, 0.25) is 0 Å². The number of ether oxygens (including phenoxy) is 1. The number of hydrogen-bond acceptors (Lipinski definition) is 7. The van der Waals surface area contributed by atoms with E-state index in [0.717, 1.165) is 4.90 Å². The summed E-state index contributed by atoms with van der Waals surface area (Å²) in [5, 5.41) is 2.13. The van der Waals surface area contributed by atoms with E-state index in [1.165, 1.54) is 33.1 Å². The highest BCUT2D eigenvalue weighted by Gasteiger charge is 2.32. The van der Waals surface area contributed by atoms with Crippen LogP contribution in [0.5, 0.6) is 0 Å². The first-order valence-electron chi connectivity index (χ1n) is 10.4. The summed E-state index contributed by atoms with van der Waals surface area (Å²) >= 11 is 1.29. The van der Waals surface area contributed by atoms with Crippen LogP contribution in [0, 0.1) is 0 Å². The second-order valence-electron chi connectivity index (χ2n) is 7.55. The molecule has 0 spiro atoms. The van der Waals surface area contributed by atoms with E-state index in [1.807, 2.05) is 18.2 Å². The third-order valence-electron chi connectivity index (χ3n) is 5.39. The third-order valence-corrected chi connectivity index (χ3v) is 8.58. The van der Waals surface area contributed by atoms with Crippen molar-refractivity contribution in [3.63, 3.8) is 0 Å². The number of rotatable bonds is 6. The molecule has 2 aliphatic rings. The van der Waals surface area contributed by atoms with Gasteiger partial charge in [0.05, 0.1) is 22.3 Å². The van der Waals surface area contributed by atoms with Gasteiger partial charge in [0, 0.05) is 31.1 Å². The van der Waals surface area contributed by atoms with Crippen molar-refractivity contribution in [2.75, 3.05) is 38.1 Å². The molecule has 2 heterocycles. The molecular formula is C22H23N3O6S2. The van der Waals surface area contributed by atoms with Crippen LogP contribution < -0.4 is 5.32 Å². The predicted octanol–water partition coefficient (Wildman–Crippen LogP) is 1.57. The summed E-state index contributed by atoms with van der Waals surface area (Å²) in [6.07, 6.45) is -0.152. The molecule has 2 amide bonds. The Bertz CT molecular complexity index is 1150. The number of fused-ring (bicyclic) bond motifs is 1. The summed E-state index contributed by atoms with van der Waals surface area (Å²) in [4.78, 5) is 39.4. The maximum Gasteiger partial charge on any atom is 0.307 e. The first kappa shape index (κ1) is 23.3. The van der Waals surface area contributed by atoms with E-state index in [1.54, 1.807) is 24.3 Å². The molecule has 2 aromatic carbocycles. The van der Waals surface area contributed by atoms with Crippen molar-refractivity contribution in [2.24, 2.45) is 0 Å². The summed E-state index contributed by atoms with van der Waals surface area (Å²) in [6.45, 7) is 0.296. The maximum absolute atomic E-state index is 12.7. The fraction of sp³-hybridized carbons (Fsp3) is 0.318. The van der Waals surface area contributed by atoms with Gasteiger partial charge in [0.2, 0.25) is 15.9 Å². The number of esters is 1. The molecule has 0 bridgehead atoms. The van der Waals surface area contributed by atoms with Crippen LogP contribution in [-0.4, -0.2) is 73.4 Å². The fourth-order valence-corrected chi connectivity index (χ4v) is 6.13. The van der Waals surface area contributed by atoms with Crippen molar-refractivity contribution in [3.05, 3.63) is 54.6 Å². The number of benzene rings is 2. The molecule has 4 rings (SSSR count). The third kappa shape index (κ3) is 5.37. The molecule has 0 unspecified atom stereocenters. The molecule has 2 aromatic rings. The van der Waals surface area contributed by atoms with Crippen molar-refractivity contribution < 1.29 is 27.5 Å². The summed E-state index contributed by atoms with van der Waals surface area (Å²) in [5.74, 6) is -1.32. The monoisotopic (exact) mass is 489 g/mol. The SMILES string of the molecule is O=C(C[C@H]1Sc2ccccc2NC1=O)OCC(=O)N1CCN(S(=O)(=O)c2ccccc2)CC1. The van der Waals surface area contributed by atoms with Gasteiger partial charge in [-0.05, 0) is 24.3 Å². The predicted molar refractivity (Wildman–Crippen MR) is 122 cm³/mol. The van der Waals surface area contributed by atoms with E-state index in [4.69, 9.17) is 4.74 Å². The number of sulfonamides is 1. The number of thioether (sulfide) groups is 1. The first-order valence-corrected chi connectivity index (χ1v) is 12.7. The standard InChI is InChI=1S/C22H23N3O6S2/c26-20(24-10-12-25(13-11-24)33(29,30)16-6-2-1-3-7-16)15-31-21(27)14-19-22(28)23-17-8-4-5-9-18(17)32-19/h1-9,19H,10-15H2,(H,23,28)/t19-/m1/s1. The molecule has 0 radical (unpaired) electrons. The maximum atomic E-state index is 12.7. The van der Waals surface area contributed by atoms with E-state index >= 15 is 0 Å². The number of nitrogens with zero attached hydrogens (tertiary/aromatic N) is 2. The highest BCUT2D eigenvalue weighted by molar-refractivity contribution is 8.01. The van der Waals surface area contributed by atoms with Gasteiger partial charge in [-0.15, -0.1) is 11.8 Å². The molecule has 1 saturated heterocycles. The molecule has 9 nitrogen and oxygen atoms in total. The van der Waals surface area contributed by atoms with Gasteiger partial charge >= 0.3 is 5.97 Å². The normalized spacial score (nSPS) is 18.8. The molecule has 1 atom stereocenters. The number of hydrogen-bond donors (Lipinski definition) is 1. The van der Waals surface area contributed by atoms with Gasteiger partial charge < -0.3 is 15.0 Å². The van der Waals surface area contributed by atoms with Gasteiger partial charge in [-0.2, -0.15) is 4.31 Å². The Kier molecular flexibility index (Phi) is 7.01. The molecule has 1 N–H and O–H groups in total. The lowest BCUT2D eigenvalue weighted by atomic mass is 10.2. The zero-order valence-corrected chi connectivity index (χ0v) is 19.3. The highest BCUT2D eigenvalue weighted by atomic mass is 32.2. The summed E-state index contributed by atoms with van der Waals surface area (Å²) in [6, 6.07) is 15.5.